The maximum Gasteiger partial charge on any atom is 0.224 e. The first-order chi connectivity index (χ1) is 12.0. The average molecular weight is 343 g/mol. The molecule has 1 aromatic carbocycles. The maximum atomic E-state index is 12.6. The zero-order valence-corrected chi connectivity index (χ0v) is 15.1. The normalized spacial score (nSPS) is 21.4. The highest BCUT2D eigenvalue weighted by molar-refractivity contribution is 5.78. The van der Waals surface area contributed by atoms with E-state index in [1.807, 2.05) is 47.1 Å². The van der Waals surface area contributed by atoms with Crippen LogP contribution in [0.4, 0.5) is 0 Å². The lowest BCUT2D eigenvalue weighted by molar-refractivity contribution is -0.142. The summed E-state index contributed by atoms with van der Waals surface area (Å²) in [5.74, 6) is 0.422. The largest absolute Gasteiger partial charge is 0.343 e. The van der Waals surface area contributed by atoms with Gasteiger partial charge in [-0.2, -0.15) is 0 Å². The Kier molecular flexibility index (Phi) is 5.42. The van der Waals surface area contributed by atoms with Crippen LogP contribution >= 0.6 is 0 Å². The smallest absolute Gasteiger partial charge is 0.224 e. The van der Waals surface area contributed by atoms with Crippen molar-refractivity contribution in [1.29, 1.82) is 0 Å². The molecule has 2 heterocycles. The highest BCUT2D eigenvalue weighted by atomic mass is 16.2. The minimum Gasteiger partial charge on any atom is -0.343 e. The number of benzene rings is 1. The highest BCUT2D eigenvalue weighted by Crippen LogP contribution is 2.40. The van der Waals surface area contributed by atoms with Crippen molar-refractivity contribution < 1.29 is 9.59 Å². The molecule has 2 amide bonds. The van der Waals surface area contributed by atoms with Crippen molar-refractivity contribution in [2.45, 2.75) is 45.1 Å². The molecule has 0 radical (unpaired) electrons. The van der Waals surface area contributed by atoms with Gasteiger partial charge in [-0.3, -0.25) is 9.59 Å². The molecule has 0 aliphatic carbocycles. The van der Waals surface area contributed by atoms with Crippen molar-refractivity contribution in [2.24, 2.45) is 11.1 Å². The number of carbonyl (C=O) groups excluding carboxylic acids is 2. The fourth-order valence-electron chi connectivity index (χ4n) is 4.16. The van der Waals surface area contributed by atoms with Crippen molar-refractivity contribution in [3.8, 4) is 0 Å². The third-order valence-electron chi connectivity index (χ3n) is 5.93. The molecule has 0 aromatic heterocycles. The van der Waals surface area contributed by atoms with Crippen LogP contribution in [0.25, 0.3) is 0 Å². The number of hydrogen-bond acceptors (Lipinski definition) is 3. The first-order valence-electron chi connectivity index (χ1n) is 9.39. The number of carbonyl (C=O) groups is 2. The van der Waals surface area contributed by atoms with Crippen LogP contribution in [0.15, 0.2) is 30.3 Å². The van der Waals surface area contributed by atoms with Gasteiger partial charge >= 0.3 is 0 Å². The topological polar surface area (TPSA) is 66.6 Å². The minimum atomic E-state index is -0.243. The Morgan fingerprint density at radius 3 is 2.52 bits per heavy atom. The fourth-order valence-corrected chi connectivity index (χ4v) is 4.16. The lowest BCUT2D eigenvalue weighted by Crippen LogP contribution is -2.52. The summed E-state index contributed by atoms with van der Waals surface area (Å²) < 4.78 is 0. The quantitative estimate of drug-likeness (QED) is 0.912. The van der Waals surface area contributed by atoms with E-state index in [1.165, 1.54) is 0 Å². The van der Waals surface area contributed by atoms with Gasteiger partial charge in [0.25, 0.3) is 0 Å². The summed E-state index contributed by atoms with van der Waals surface area (Å²) in [4.78, 5) is 28.5. The number of nitrogens with zero attached hydrogens (tertiary/aromatic N) is 2. The highest BCUT2D eigenvalue weighted by Gasteiger charge is 2.41. The number of rotatable bonds is 4. The maximum absolute atomic E-state index is 12.6. The summed E-state index contributed by atoms with van der Waals surface area (Å²) >= 11 is 0. The molecule has 5 nitrogen and oxygen atoms in total. The minimum absolute atomic E-state index is 0.144. The molecule has 1 atom stereocenters. The van der Waals surface area contributed by atoms with Gasteiger partial charge in [-0.05, 0) is 37.2 Å². The zero-order chi connectivity index (χ0) is 17.9. The third-order valence-corrected chi connectivity index (χ3v) is 5.93. The van der Waals surface area contributed by atoms with E-state index >= 15 is 0 Å². The molecular weight excluding hydrogens is 314 g/mol. The number of hydrogen-bond donors (Lipinski definition) is 1. The molecule has 2 N–H and O–H groups in total. The molecule has 0 saturated carbocycles. The fraction of sp³-hybridized carbons (Fsp3) is 0.600. The van der Waals surface area contributed by atoms with Crippen LogP contribution in [0.1, 0.15) is 50.6 Å². The van der Waals surface area contributed by atoms with Gasteiger partial charge in [-0.25, -0.2) is 0 Å². The zero-order valence-electron chi connectivity index (χ0n) is 15.1. The van der Waals surface area contributed by atoms with E-state index < -0.39 is 0 Å². The standard InChI is InChI=1S/C20H29N3O2/c1-2-22-15-20(9-8-18(22)24)10-12-23(13-11-20)19(25)14-17(21)16-6-4-3-5-7-16/h3-7,17H,2,8-15,21H2,1H3/t17-/m0/s1. The predicted octanol–water partition coefficient (Wildman–Crippen LogP) is 2.33. The second kappa shape index (κ2) is 7.56. The van der Waals surface area contributed by atoms with E-state index in [0.29, 0.717) is 12.8 Å². The van der Waals surface area contributed by atoms with E-state index in [9.17, 15) is 9.59 Å². The van der Waals surface area contributed by atoms with Gasteiger partial charge in [0.2, 0.25) is 11.8 Å². The lowest BCUT2D eigenvalue weighted by Gasteiger charge is -2.47. The van der Waals surface area contributed by atoms with E-state index in [0.717, 1.165) is 51.0 Å². The van der Waals surface area contributed by atoms with Crippen LogP contribution in [0.5, 0.6) is 0 Å². The van der Waals surface area contributed by atoms with E-state index in [1.54, 1.807) is 0 Å². The Balaban J connectivity index is 1.53. The molecule has 2 saturated heterocycles. The molecule has 3 rings (SSSR count). The molecule has 136 valence electrons. The first-order valence-corrected chi connectivity index (χ1v) is 9.39. The second-order valence-electron chi connectivity index (χ2n) is 7.51. The van der Waals surface area contributed by atoms with Gasteiger partial charge in [0.15, 0.2) is 0 Å². The van der Waals surface area contributed by atoms with Gasteiger partial charge in [-0.15, -0.1) is 0 Å². The summed E-state index contributed by atoms with van der Waals surface area (Å²) in [5.41, 5.74) is 7.42. The van der Waals surface area contributed by atoms with Crippen molar-refractivity contribution in [2.75, 3.05) is 26.2 Å². The third kappa shape index (κ3) is 4.03. The van der Waals surface area contributed by atoms with Crippen molar-refractivity contribution in [3.05, 3.63) is 35.9 Å². The molecule has 25 heavy (non-hydrogen) atoms. The van der Waals surface area contributed by atoms with Crippen molar-refractivity contribution in [3.63, 3.8) is 0 Å². The van der Waals surface area contributed by atoms with Crippen LogP contribution in [0.3, 0.4) is 0 Å². The van der Waals surface area contributed by atoms with Crippen molar-refractivity contribution >= 4 is 11.8 Å². The first kappa shape index (κ1) is 17.9. The number of nitrogens with two attached hydrogens (primary N) is 1. The van der Waals surface area contributed by atoms with Crippen LogP contribution in [0, 0.1) is 5.41 Å². The van der Waals surface area contributed by atoms with Gasteiger partial charge in [0, 0.05) is 45.1 Å². The molecule has 5 heteroatoms. The number of likely N-dealkylation sites (tertiary alicyclic amines) is 2. The molecule has 1 spiro atoms. The SMILES string of the molecule is CCN1CC2(CCC1=O)CCN(C(=O)C[C@H](N)c1ccccc1)CC2. The predicted molar refractivity (Wildman–Crippen MR) is 97.7 cm³/mol. The van der Waals surface area contributed by atoms with Crippen LogP contribution < -0.4 is 5.73 Å². The summed E-state index contributed by atoms with van der Waals surface area (Å²) in [6, 6.07) is 9.56. The number of piperidine rings is 2. The Hall–Kier alpha value is -1.88. The van der Waals surface area contributed by atoms with E-state index in [-0.39, 0.29) is 23.3 Å². The molecule has 2 aliphatic rings. The molecule has 0 unspecified atom stereocenters. The van der Waals surface area contributed by atoms with Crippen molar-refractivity contribution in [1.82, 2.24) is 9.80 Å². The average Bonchev–Trinajstić information content (AvgIpc) is 2.65. The van der Waals surface area contributed by atoms with Gasteiger partial charge in [-0.1, -0.05) is 30.3 Å². The van der Waals surface area contributed by atoms with Crippen LogP contribution in [-0.2, 0) is 9.59 Å². The molecule has 0 bridgehead atoms. The molecular formula is C20H29N3O2. The summed E-state index contributed by atoms with van der Waals surface area (Å²) in [5, 5.41) is 0. The molecule has 1 aromatic rings. The summed E-state index contributed by atoms with van der Waals surface area (Å²) in [7, 11) is 0. The summed E-state index contributed by atoms with van der Waals surface area (Å²) in [6.07, 6.45) is 3.96. The monoisotopic (exact) mass is 343 g/mol. The lowest BCUT2D eigenvalue weighted by atomic mass is 9.72. The Morgan fingerprint density at radius 2 is 1.88 bits per heavy atom. The van der Waals surface area contributed by atoms with E-state index in [4.69, 9.17) is 5.73 Å². The number of amides is 2. The second-order valence-corrected chi connectivity index (χ2v) is 7.51. The Bertz CT molecular complexity index is 609. The van der Waals surface area contributed by atoms with Gasteiger partial charge < -0.3 is 15.5 Å². The van der Waals surface area contributed by atoms with Gasteiger partial charge in [0.1, 0.15) is 0 Å². The van der Waals surface area contributed by atoms with Gasteiger partial charge in [0.05, 0.1) is 0 Å². The van der Waals surface area contributed by atoms with E-state index in [2.05, 4.69) is 0 Å². The molecule has 2 aliphatic heterocycles. The molecule has 2 fully saturated rings. The van der Waals surface area contributed by atoms with Crippen LogP contribution in [0.2, 0.25) is 0 Å². The Labute approximate surface area is 150 Å². The Morgan fingerprint density at radius 1 is 1.20 bits per heavy atom. The van der Waals surface area contributed by atoms with Crippen LogP contribution in [-0.4, -0.2) is 47.8 Å². The summed E-state index contributed by atoms with van der Waals surface area (Å²) in [6.45, 7) is 5.25.